The highest BCUT2D eigenvalue weighted by atomic mass is 32.2. The van der Waals surface area contributed by atoms with Crippen LogP contribution in [0.25, 0.3) is 0 Å². The minimum Gasteiger partial charge on any atom is -0.370 e. The summed E-state index contributed by atoms with van der Waals surface area (Å²) in [4.78, 5) is 19.5. The Bertz CT molecular complexity index is 974. The van der Waals surface area contributed by atoms with Crippen molar-refractivity contribution in [1.29, 1.82) is 0 Å². The van der Waals surface area contributed by atoms with E-state index >= 15 is 0 Å². The molecule has 0 spiro atoms. The summed E-state index contributed by atoms with van der Waals surface area (Å²) in [7, 11) is -1.27. The van der Waals surface area contributed by atoms with Gasteiger partial charge in [-0.15, -0.1) is 0 Å². The predicted octanol–water partition coefficient (Wildman–Crippen LogP) is 3.25. The van der Waals surface area contributed by atoms with E-state index in [-0.39, 0.29) is 10.5 Å². The summed E-state index contributed by atoms with van der Waals surface area (Å²) in [5.74, 6) is -0.886. The number of amides is 1. The molecule has 0 bridgehead atoms. The lowest BCUT2D eigenvalue weighted by Crippen LogP contribution is -2.30. The quantitative estimate of drug-likeness (QED) is 0.725. The lowest BCUT2D eigenvalue weighted by Gasteiger charge is -2.30. The van der Waals surface area contributed by atoms with Crippen LogP contribution in [0.5, 0.6) is 0 Å². The van der Waals surface area contributed by atoms with Gasteiger partial charge in [-0.3, -0.25) is 9.63 Å². The molecule has 1 aliphatic heterocycles. The average Bonchev–Trinajstić information content (AvgIpc) is 2.74. The number of hydrogen-bond acceptors (Lipinski definition) is 5. The first kappa shape index (κ1) is 21.2. The first-order valence-corrected chi connectivity index (χ1v) is 10.8. The van der Waals surface area contributed by atoms with E-state index in [2.05, 4.69) is 10.2 Å². The molecule has 1 saturated heterocycles. The highest BCUT2D eigenvalue weighted by Crippen LogP contribution is 2.30. The highest BCUT2D eigenvalue weighted by molar-refractivity contribution is 7.89. The maximum absolute atomic E-state index is 13.8. The average molecular weight is 421 g/mol. The fraction of sp³-hybridized carbons (Fsp3) is 0.350. The zero-order chi connectivity index (χ0) is 21.0. The first-order chi connectivity index (χ1) is 13.8. The predicted molar refractivity (Wildman–Crippen MR) is 109 cm³/mol. The maximum Gasteiger partial charge on any atom is 0.264 e. The number of hydroxylamine groups is 1. The molecule has 1 heterocycles. The monoisotopic (exact) mass is 421 g/mol. The minimum absolute atomic E-state index is 0.00170. The van der Waals surface area contributed by atoms with Crippen LogP contribution in [0, 0.1) is 5.82 Å². The van der Waals surface area contributed by atoms with Crippen molar-refractivity contribution in [1.82, 2.24) is 4.47 Å². The third kappa shape index (κ3) is 4.75. The molecule has 29 heavy (non-hydrogen) atoms. The van der Waals surface area contributed by atoms with Gasteiger partial charge in [-0.1, -0.05) is 4.47 Å². The Morgan fingerprint density at radius 1 is 1.10 bits per heavy atom. The summed E-state index contributed by atoms with van der Waals surface area (Å²) < 4.78 is 39.0. The molecule has 7 nitrogen and oxygen atoms in total. The van der Waals surface area contributed by atoms with Crippen molar-refractivity contribution >= 4 is 27.3 Å². The summed E-state index contributed by atoms with van der Waals surface area (Å²) in [6, 6.07) is 9.83. The number of sulfonamides is 1. The maximum atomic E-state index is 13.8. The number of nitrogens with zero attached hydrogens (tertiary/aromatic N) is 2. The topological polar surface area (TPSA) is 78.9 Å². The van der Waals surface area contributed by atoms with Gasteiger partial charge < -0.3 is 10.2 Å². The van der Waals surface area contributed by atoms with E-state index in [1.54, 1.807) is 6.07 Å². The largest absolute Gasteiger partial charge is 0.370 e. The molecule has 0 aromatic heterocycles. The summed E-state index contributed by atoms with van der Waals surface area (Å²) in [5.41, 5.74) is 1.44. The molecule has 2 aromatic rings. The molecule has 0 atom stereocenters. The van der Waals surface area contributed by atoms with Crippen molar-refractivity contribution in [2.75, 3.05) is 37.5 Å². The standard InChI is InChI=1S/C20H24FN3O4S/c1-23(28-2)29(26,27)17-9-6-15(7-10-17)20(25)22-18-14-16(21)8-11-19(18)24-12-4-3-5-13-24/h6-11,14H,3-5,12-13H2,1-2H3,(H,22,25). The zero-order valence-electron chi connectivity index (χ0n) is 16.4. The molecule has 3 rings (SSSR count). The number of benzene rings is 2. The number of anilines is 2. The Labute approximate surface area is 170 Å². The molecule has 1 aliphatic rings. The molecule has 156 valence electrons. The van der Waals surface area contributed by atoms with E-state index in [1.165, 1.54) is 50.6 Å². The van der Waals surface area contributed by atoms with Gasteiger partial charge in [0.1, 0.15) is 5.82 Å². The molecule has 1 fully saturated rings. The van der Waals surface area contributed by atoms with Gasteiger partial charge in [0.25, 0.3) is 15.9 Å². The van der Waals surface area contributed by atoms with Crippen LogP contribution in [0.15, 0.2) is 47.4 Å². The normalized spacial score (nSPS) is 14.8. The summed E-state index contributed by atoms with van der Waals surface area (Å²) in [6.45, 7) is 1.71. The summed E-state index contributed by atoms with van der Waals surface area (Å²) in [6.07, 6.45) is 3.26. The second-order valence-corrected chi connectivity index (χ2v) is 8.72. The summed E-state index contributed by atoms with van der Waals surface area (Å²) >= 11 is 0. The Hall–Kier alpha value is -2.49. The molecule has 1 amide bonds. The van der Waals surface area contributed by atoms with Crippen molar-refractivity contribution in [3.05, 3.63) is 53.8 Å². The highest BCUT2D eigenvalue weighted by Gasteiger charge is 2.21. The Morgan fingerprint density at radius 3 is 2.38 bits per heavy atom. The number of carbonyl (C=O) groups is 1. The van der Waals surface area contributed by atoms with Gasteiger partial charge in [0.05, 0.1) is 23.4 Å². The Morgan fingerprint density at radius 2 is 1.76 bits per heavy atom. The van der Waals surface area contributed by atoms with Crippen molar-refractivity contribution < 1.29 is 22.4 Å². The molecule has 0 saturated carbocycles. The van der Waals surface area contributed by atoms with Crippen LogP contribution in [0.3, 0.4) is 0 Å². The first-order valence-electron chi connectivity index (χ1n) is 9.32. The SMILES string of the molecule is CON(C)S(=O)(=O)c1ccc(C(=O)Nc2cc(F)ccc2N2CCCCC2)cc1. The third-order valence-corrected chi connectivity index (χ3v) is 6.61. The van der Waals surface area contributed by atoms with Gasteiger partial charge in [-0.2, -0.15) is 0 Å². The second kappa shape index (κ2) is 8.89. The van der Waals surface area contributed by atoms with Gasteiger partial charge in [0.15, 0.2) is 0 Å². The molecule has 2 aromatic carbocycles. The van der Waals surface area contributed by atoms with Crippen LogP contribution in [0.2, 0.25) is 0 Å². The van der Waals surface area contributed by atoms with Gasteiger partial charge in [0, 0.05) is 25.7 Å². The van der Waals surface area contributed by atoms with E-state index in [1.807, 2.05) is 0 Å². The van der Waals surface area contributed by atoms with Crippen molar-refractivity contribution in [3.63, 3.8) is 0 Å². The van der Waals surface area contributed by atoms with Crippen LogP contribution >= 0.6 is 0 Å². The molecule has 0 aliphatic carbocycles. The third-order valence-electron chi connectivity index (χ3n) is 4.91. The van der Waals surface area contributed by atoms with Gasteiger partial charge in [-0.05, 0) is 61.7 Å². The van der Waals surface area contributed by atoms with E-state index in [0.717, 1.165) is 42.5 Å². The van der Waals surface area contributed by atoms with Crippen LogP contribution in [0.4, 0.5) is 15.8 Å². The van der Waals surface area contributed by atoms with Gasteiger partial charge >= 0.3 is 0 Å². The molecule has 0 unspecified atom stereocenters. The lowest BCUT2D eigenvalue weighted by atomic mass is 10.1. The fourth-order valence-electron chi connectivity index (χ4n) is 3.24. The van der Waals surface area contributed by atoms with E-state index in [9.17, 15) is 17.6 Å². The van der Waals surface area contributed by atoms with E-state index < -0.39 is 21.7 Å². The molecular weight excluding hydrogens is 397 g/mol. The van der Waals surface area contributed by atoms with Crippen molar-refractivity contribution in [2.24, 2.45) is 0 Å². The second-order valence-electron chi connectivity index (χ2n) is 6.79. The molecule has 9 heteroatoms. The number of rotatable bonds is 6. The van der Waals surface area contributed by atoms with Crippen LogP contribution in [-0.4, -0.2) is 46.0 Å². The fourth-order valence-corrected chi connectivity index (χ4v) is 4.21. The van der Waals surface area contributed by atoms with Crippen molar-refractivity contribution in [2.45, 2.75) is 24.2 Å². The molecule has 0 radical (unpaired) electrons. The van der Waals surface area contributed by atoms with Crippen LogP contribution in [-0.2, 0) is 14.9 Å². The molecular formula is C20H24FN3O4S. The Balaban J connectivity index is 1.81. The van der Waals surface area contributed by atoms with E-state index in [4.69, 9.17) is 4.84 Å². The number of nitrogens with one attached hydrogen (secondary N) is 1. The Kier molecular flexibility index (Phi) is 6.51. The number of halogens is 1. The van der Waals surface area contributed by atoms with E-state index in [0.29, 0.717) is 5.69 Å². The smallest absolute Gasteiger partial charge is 0.264 e. The van der Waals surface area contributed by atoms with Gasteiger partial charge in [-0.25, -0.2) is 12.8 Å². The number of carbonyl (C=O) groups excluding carboxylic acids is 1. The zero-order valence-corrected chi connectivity index (χ0v) is 17.2. The minimum atomic E-state index is -3.79. The van der Waals surface area contributed by atoms with Crippen LogP contribution in [0.1, 0.15) is 29.6 Å². The lowest BCUT2D eigenvalue weighted by molar-refractivity contribution is -0.0258. The van der Waals surface area contributed by atoms with Crippen molar-refractivity contribution in [3.8, 4) is 0 Å². The molecule has 1 N–H and O–H groups in total. The number of piperidine rings is 1. The summed E-state index contributed by atoms with van der Waals surface area (Å²) in [5, 5.41) is 2.75. The number of hydrogen-bond donors (Lipinski definition) is 1. The van der Waals surface area contributed by atoms with Gasteiger partial charge in [0.2, 0.25) is 0 Å². The van der Waals surface area contributed by atoms with Crippen LogP contribution < -0.4 is 10.2 Å².